The van der Waals surface area contributed by atoms with E-state index in [-0.39, 0.29) is 6.54 Å². The second-order valence-electron chi connectivity index (χ2n) is 3.77. The number of nitriles is 1. The van der Waals surface area contributed by atoms with Crippen LogP contribution >= 0.6 is 0 Å². The molecule has 0 bridgehead atoms. The number of pyridine rings is 1. The highest BCUT2D eigenvalue weighted by molar-refractivity contribution is 5.74. The standard InChI is InChI=1S/C11H11N3O2/c12-5-8-1-2-10(6-13-8)14(7-11(15)16)9-3-4-9/h1-2,6,9H,3-4,7H2,(H,15,16). The number of nitrogens with zero attached hydrogens (tertiary/aromatic N) is 3. The molecule has 0 radical (unpaired) electrons. The highest BCUT2D eigenvalue weighted by Crippen LogP contribution is 2.30. The minimum Gasteiger partial charge on any atom is -0.480 e. The number of carboxylic acids is 1. The van der Waals surface area contributed by atoms with Gasteiger partial charge < -0.3 is 10.0 Å². The van der Waals surface area contributed by atoms with Crippen LogP contribution in [0.15, 0.2) is 18.3 Å². The number of carbonyl (C=O) groups is 1. The Morgan fingerprint density at radius 3 is 2.81 bits per heavy atom. The largest absolute Gasteiger partial charge is 0.480 e. The molecule has 5 heteroatoms. The summed E-state index contributed by atoms with van der Waals surface area (Å²) in [6.07, 6.45) is 3.60. The van der Waals surface area contributed by atoms with E-state index in [1.54, 1.807) is 18.3 Å². The lowest BCUT2D eigenvalue weighted by atomic mass is 10.3. The van der Waals surface area contributed by atoms with Gasteiger partial charge in [-0.25, -0.2) is 4.98 Å². The van der Waals surface area contributed by atoms with Gasteiger partial charge in [0.25, 0.3) is 0 Å². The summed E-state index contributed by atoms with van der Waals surface area (Å²) >= 11 is 0. The maximum Gasteiger partial charge on any atom is 0.323 e. The zero-order valence-corrected chi connectivity index (χ0v) is 8.63. The van der Waals surface area contributed by atoms with E-state index in [2.05, 4.69) is 4.98 Å². The first kappa shape index (κ1) is 10.4. The summed E-state index contributed by atoms with van der Waals surface area (Å²) < 4.78 is 0. The Balaban J connectivity index is 2.18. The number of anilines is 1. The van der Waals surface area contributed by atoms with Gasteiger partial charge in [-0.2, -0.15) is 5.26 Å². The molecule has 0 amide bonds. The van der Waals surface area contributed by atoms with Crippen molar-refractivity contribution in [2.75, 3.05) is 11.4 Å². The fourth-order valence-corrected chi connectivity index (χ4v) is 1.59. The van der Waals surface area contributed by atoms with Crippen LogP contribution in [-0.2, 0) is 4.79 Å². The number of aromatic nitrogens is 1. The molecule has 2 rings (SSSR count). The van der Waals surface area contributed by atoms with Gasteiger partial charge in [-0.1, -0.05) is 0 Å². The molecule has 5 nitrogen and oxygen atoms in total. The van der Waals surface area contributed by atoms with Gasteiger partial charge in [-0.05, 0) is 25.0 Å². The summed E-state index contributed by atoms with van der Waals surface area (Å²) in [4.78, 5) is 16.5. The van der Waals surface area contributed by atoms with Crippen molar-refractivity contribution in [3.8, 4) is 6.07 Å². The molecule has 1 aromatic heterocycles. The van der Waals surface area contributed by atoms with Crippen molar-refractivity contribution in [3.05, 3.63) is 24.0 Å². The van der Waals surface area contributed by atoms with Gasteiger partial charge in [0.2, 0.25) is 0 Å². The predicted octanol–water partition coefficient (Wildman–Crippen LogP) is 1.01. The molecule has 0 saturated heterocycles. The first-order chi connectivity index (χ1) is 7.70. The molecule has 0 spiro atoms. The average molecular weight is 217 g/mol. The van der Waals surface area contributed by atoms with E-state index in [9.17, 15) is 4.79 Å². The van der Waals surface area contributed by atoms with Crippen molar-refractivity contribution in [1.82, 2.24) is 4.98 Å². The molecule has 1 saturated carbocycles. The van der Waals surface area contributed by atoms with Gasteiger partial charge in [0, 0.05) is 6.04 Å². The van der Waals surface area contributed by atoms with Gasteiger partial charge in [0.15, 0.2) is 0 Å². The Labute approximate surface area is 92.9 Å². The molecule has 0 unspecified atom stereocenters. The van der Waals surface area contributed by atoms with E-state index in [1.807, 2.05) is 11.0 Å². The minimum absolute atomic E-state index is 0.0156. The molecule has 16 heavy (non-hydrogen) atoms. The lowest BCUT2D eigenvalue weighted by Gasteiger charge is -2.21. The van der Waals surface area contributed by atoms with Crippen LogP contribution in [0.4, 0.5) is 5.69 Å². The number of carboxylic acid groups (broad SMARTS) is 1. The number of aliphatic carboxylic acids is 1. The van der Waals surface area contributed by atoms with Crippen LogP contribution in [0.2, 0.25) is 0 Å². The lowest BCUT2D eigenvalue weighted by Crippen LogP contribution is -2.31. The Bertz CT molecular complexity index is 432. The fourth-order valence-electron chi connectivity index (χ4n) is 1.59. The van der Waals surface area contributed by atoms with Crippen LogP contribution in [0, 0.1) is 11.3 Å². The fraction of sp³-hybridized carbons (Fsp3) is 0.364. The third kappa shape index (κ3) is 2.28. The molecule has 1 N–H and O–H groups in total. The summed E-state index contributed by atoms with van der Waals surface area (Å²) in [6.45, 7) is -0.0156. The summed E-state index contributed by atoms with van der Waals surface area (Å²) in [7, 11) is 0. The van der Waals surface area contributed by atoms with Gasteiger partial charge in [0.1, 0.15) is 18.3 Å². The maximum absolute atomic E-state index is 10.7. The third-order valence-corrected chi connectivity index (χ3v) is 2.49. The average Bonchev–Trinajstić information content (AvgIpc) is 3.10. The van der Waals surface area contributed by atoms with Crippen LogP contribution in [0.5, 0.6) is 0 Å². The van der Waals surface area contributed by atoms with Crippen molar-refractivity contribution in [3.63, 3.8) is 0 Å². The third-order valence-electron chi connectivity index (χ3n) is 2.49. The Morgan fingerprint density at radius 2 is 2.38 bits per heavy atom. The van der Waals surface area contributed by atoms with E-state index in [0.29, 0.717) is 11.7 Å². The molecule has 0 aliphatic heterocycles. The van der Waals surface area contributed by atoms with E-state index in [1.165, 1.54) is 0 Å². The van der Waals surface area contributed by atoms with Crippen LogP contribution < -0.4 is 4.90 Å². The lowest BCUT2D eigenvalue weighted by molar-refractivity contribution is -0.135. The normalized spacial score (nSPS) is 14.2. The number of hydrogen-bond acceptors (Lipinski definition) is 4. The molecule has 0 aromatic carbocycles. The topological polar surface area (TPSA) is 77.2 Å². The molecular formula is C11H11N3O2. The molecule has 1 aliphatic carbocycles. The Kier molecular flexibility index (Phi) is 2.73. The summed E-state index contributed by atoms with van der Waals surface area (Å²) in [6, 6.07) is 5.59. The van der Waals surface area contributed by atoms with Crippen LogP contribution in [-0.4, -0.2) is 28.6 Å². The molecule has 1 aliphatic rings. The van der Waals surface area contributed by atoms with Gasteiger partial charge in [-0.15, -0.1) is 0 Å². The second kappa shape index (κ2) is 4.19. The molecule has 1 aromatic rings. The van der Waals surface area contributed by atoms with E-state index >= 15 is 0 Å². The van der Waals surface area contributed by atoms with Crippen molar-refractivity contribution in [1.29, 1.82) is 5.26 Å². The van der Waals surface area contributed by atoms with Crippen LogP contribution in [0.25, 0.3) is 0 Å². The van der Waals surface area contributed by atoms with Gasteiger partial charge in [0.05, 0.1) is 11.9 Å². The second-order valence-corrected chi connectivity index (χ2v) is 3.77. The zero-order valence-electron chi connectivity index (χ0n) is 8.63. The molecule has 0 atom stereocenters. The zero-order chi connectivity index (χ0) is 11.5. The first-order valence-corrected chi connectivity index (χ1v) is 5.05. The summed E-state index contributed by atoms with van der Waals surface area (Å²) in [5, 5.41) is 17.4. The summed E-state index contributed by atoms with van der Waals surface area (Å²) in [5.41, 5.74) is 1.11. The Hall–Kier alpha value is -2.09. The number of hydrogen-bond donors (Lipinski definition) is 1. The molecule has 1 heterocycles. The van der Waals surface area contributed by atoms with E-state index < -0.39 is 5.97 Å². The molecule has 1 fully saturated rings. The van der Waals surface area contributed by atoms with Crippen molar-refractivity contribution < 1.29 is 9.90 Å². The molecular weight excluding hydrogens is 206 g/mol. The predicted molar refractivity (Wildman–Crippen MR) is 57.0 cm³/mol. The monoisotopic (exact) mass is 217 g/mol. The van der Waals surface area contributed by atoms with Crippen LogP contribution in [0.3, 0.4) is 0 Å². The minimum atomic E-state index is -0.851. The van der Waals surface area contributed by atoms with Crippen LogP contribution in [0.1, 0.15) is 18.5 Å². The molecule has 82 valence electrons. The summed E-state index contributed by atoms with van der Waals surface area (Å²) in [5.74, 6) is -0.851. The van der Waals surface area contributed by atoms with Gasteiger partial charge >= 0.3 is 5.97 Å². The van der Waals surface area contributed by atoms with Gasteiger partial charge in [-0.3, -0.25) is 4.79 Å². The van der Waals surface area contributed by atoms with E-state index in [4.69, 9.17) is 10.4 Å². The maximum atomic E-state index is 10.7. The highest BCUT2D eigenvalue weighted by atomic mass is 16.4. The first-order valence-electron chi connectivity index (χ1n) is 5.05. The highest BCUT2D eigenvalue weighted by Gasteiger charge is 2.30. The SMILES string of the molecule is N#Cc1ccc(N(CC(=O)O)C2CC2)cn1. The smallest absolute Gasteiger partial charge is 0.323 e. The number of rotatable bonds is 4. The van der Waals surface area contributed by atoms with E-state index in [0.717, 1.165) is 18.5 Å². The van der Waals surface area contributed by atoms with Crippen molar-refractivity contribution in [2.24, 2.45) is 0 Å². The quantitative estimate of drug-likeness (QED) is 0.814. The van der Waals surface area contributed by atoms with Crippen molar-refractivity contribution >= 4 is 11.7 Å². The van der Waals surface area contributed by atoms with Crippen molar-refractivity contribution in [2.45, 2.75) is 18.9 Å². The Morgan fingerprint density at radius 1 is 1.62 bits per heavy atom.